The van der Waals surface area contributed by atoms with E-state index in [-0.39, 0.29) is 18.0 Å². The summed E-state index contributed by atoms with van der Waals surface area (Å²) in [6, 6.07) is 11.9. The first-order valence-corrected chi connectivity index (χ1v) is 8.86. The van der Waals surface area contributed by atoms with E-state index in [9.17, 15) is 18.3 Å². The van der Waals surface area contributed by atoms with Crippen molar-refractivity contribution in [2.45, 2.75) is 33.1 Å². The number of nitrogens with zero attached hydrogens (tertiary/aromatic N) is 1. The third-order valence-corrected chi connectivity index (χ3v) is 3.73. The zero-order valence-corrected chi connectivity index (χ0v) is 15.8. The van der Waals surface area contributed by atoms with Gasteiger partial charge in [-0.3, -0.25) is 0 Å². The van der Waals surface area contributed by atoms with Crippen LogP contribution in [0.4, 0.5) is 13.2 Å². The van der Waals surface area contributed by atoms with E-state index in [0.717, 1.165) is 11.1 Å². The molecule has 0 fully saturated rings. The van der Waals surface area contributed by atoms with Crippen molar-refractivity contribution >= 4 is 5.96 Å². The maximum absolute atomic E-state index is 12.5. The lowest BCUT2D eigenvalue weighted by Gasteiger charge is -2.16. The molecule has 5 nitrogen and oxygen atoms in total. The Hall–Kier alpha value is -2.90. The van der Waals surface area contributed by atoms with Gasteiger partial charge in [-0.2, -0.15) is 13.2 Å². The van der Waals surface area contributed by atoms with Crippen LogP contribution in [0, 0.1) is 6.92 Å². The zero-order valence-electron chi connectivity index (χ0n) is 15.8. The van der Waals surface area contributed by atoms with Gasteiger partial charge in [0.05, 0.1) is 6.54 Å². The second-order valence-electron chi connectivity index (χ2n) is 6.23. The lowest BCUT2D eigenvalue weighted by Crippen LogP contribution is -2.37. The molecule has 0 heterocycles. The molecule has 0 spiro atoms. The van der Waals surface area contributed by atoms with Crippen molar-refractivity contribution in [3.8, 4) is 11.5 Å². The number of nitrogens with one attached hydrogen (secondary N) is 2. The van der Waals surface area contributed by atoms with Crippen molar-refractivity contribution in [1.82, 2.24) is 10.6 Å². The first kappa shape index (κ1) is 21.4. The molecule has 0 radical (unpaired) electrons. The number of rotatable bonds is 7. The van der Waals surface area contributed by atoms with Crippen molar-refractivity contribution in [2.75, 3.05) is 13.2 Å². The number of hydrogen-bond acceptors (Lipinski definition) is 3. The zero-order chi connectivity index (χ0) is 20.6. The van der Waals surface area contributed by atoms with Crippen LogP contribution in [-0.4, -0.2) is 30.4 Å². The van der Waals surface area contributed by atoms with E-state index in [0.29, 0.717) is 24.6 Å². The van der Waals surface area contributed by atoms with Crippen LogP contribution in [0.15, 0.2) is 47.5 Å². The van der Waals surface area contributed by atoms with Gasteiger partial charge in [0.2, 0.25) is 0 Å². The lowest BCUT2D eigenvalue weighted by molar-refractivity contribution is -0.153. The molecule has 0 aliphatic carbocycles. The smallest absolute Gasteiger partial charge is 0.422 e. The molecule has 0 bridgehead atoms. The normalized spacial score (nSPS) is 12.0. The fourth-order valence-corrected chi connectivity index (χ4v) is 2.45. The number of phenols is 1. The van der Waals surface area contributed by atoms with Gasteiger partial charge in [0.15, 0.2) is 12.6 Å². The van der Waals surface area contributed by atoms with E-state index >= 15 is 0 Å². The number of aromatic hydroxyl groups is 1. The van der Waals surface area contributed by atoms with Gasteiger partial charge in [-0.05, 0) is 43.2 Å². The Morgan fingerprint density at radius 1 is 1.14 bits per heavy atom. The number of aryl methyl sites for hydroxylation is 1. The highest BCUT2D eigenvalue weighted by Crippen LogP contribution is 2.23. The average Bonchev–Trinajstić information content (AvgIpc) is 2.63. The Morgan fingerprint density at radius 2 is 1.93 bits per heavy atom. The van der Waals surface area contributed by atoms with Crippen LogP contribution in [-0.2, 0) is 13.1 Å². The van der Waals surface area contributed by atoms with Crippen molar-refractivity contribution in [3.63, 3.8) is 0 Å². The third kappa shape index (κ3) is 7.38. The van der Waals surface area contributed by atoms with Gasteiger partial charge in [-0.15, -0.1) is 0 Å². The van der Waals surface area contributed by atoms with Crippen molar-refractivity contribution in [1.29, 1.82) is 0 Å². The minimum absolute atomic E-state index is 0.164. The topological polar surface area (TPSA) is 65.9 Å². The van der Waals surface area contributed by atoms with Crippen LogP contribution in [0.2, 0.25) is 0 Å². The number of guanidine groups is 1. The van der Waals surface area contributed by atoms with Crippen LogP contribution < -0.4 is 15.4 Å². The van der Waals surface area contributed by atoms with Crippen molar-refractivity contribution in [2.24, 2.45) is 4.99 Å². The van der Waals surface area contributed by atoms with Crippen LogP contribution in [0.5, 0.6) is 11.5 Å². The van der Waals surface area contributed by atoms with Gasteiger partial charge in [0.1, 0.15) is 11.5 Å². The fourth-order valence-electron chi connectivity index (χ4n) is 2.45. The van der Waals surface area contributed by atoms with E-state index in [4.69, 9.17) is 4.74 Å². The summed E-state index contributed by atoms with van der Waals surface area (Å²) >= 11 is 0. The van der Waals surface area contributed by atoms with Gasteiger partial charge in [0, 0.05) is 18.7 Å². The summed E-state index contributed by atoms with van der Waals surface area (Å²) < 4.78 is 42.4. The summed E-state index contributed by atoms with van der Waals surface area (Å²) in [6.07, 6.45) is -4.40. The lowest BCUT2D eigenvalue weighted by atomic mass is 10.1. The molecule has 8 heteroatoms. The van der Waals surface area contributed by atoms with Crippen LogP contribution in [0.25, 0.3) is 0 Å². The van der Waals surface area contributed by atoms with Gasteiger partial charge < -0.3 is 20.5 Å². The molecule has 2 aromatic carbocycles. The molecular formula is C20H24F3N3O2. The monoisotopic (exact) mass is 395 g/mol. The van der Waals surface area contributed by atoms with Gasteiger partial charge in [0.25, 0.3) is 0 Å². The number of alkyl halides is 3. The van der Waals surface area contributed by atoms with Gasteiger partial charge in [-0.25, -0.2) is 4.99 Å². The molecule has 0 saturated heterocycles. The predicted octanol–water partition coefficient (Wildman–Crippen LogP) is 3.90. The molecule has 0 atom stereocenters. The number of ether oxygens (including phenoxy) is 1. The van der Waals surface area contributed by atoms with Gasteiger partial charge >= 0.3 is 6.18 Å². The molecule has 0 aromatic heterocycles. The predicted molar refractivity (Wildman–Crippen MR) is 102 cm³/mol. The van der Waals surface area contributed by atoms with Crippen LogP contribution >= 0.6 is 0 Å². The van der Waals surface area contributed by atoms with E-state index in [1.165, 1.54) is 0 Å². The second-order valence-corrected chi connectivity index (χ2v) is 6.23. The van der Waals surface area contributed by atoms with E-state index in [1.54, 1.807) is 37.3 Å². The van der Waals surface area contributed by atoms with Crippen LogP contribution in [0.1, 0.15) is 23.6 Å². The molecular weight excluding hydrogens is 371 g/mol. The van der Waals surface area contributed by atoms with E-state index < -0.39 is 12.8 Å². The highest BCUT2D eigenvalue weighted by molar-refractivity contribution is 5.79. The number of phenolic OH excluding ortho intramolecular Hbond substituents is 1. The molecule has 3 N–H and O–H groups in total. The number of aliphatic imine (C=N–C) groups is 1. The van der Waals surface area contributed by atoms with Crippen molar-refractivity contribution < 1.29 is 23.0 Å². The largest absolute Gasteiger partial charge is 0.508 e. The molecule has 28 heavy (non-hydrogen) atoms. The molecule has 152 valence electrons. The molecule has 0 aliphatic heterocycles. The Kier molecular flexibility index (Phi) is 7.54. The van der Waals surface area contributed by atoms with E-state index in [1.807, 2.05) is 19.1 Å². The van der Waals surface area contributed by atoms with Crippen molar-refractivity contribution in [3.05, 3.63) is 59.2 Å². The molecule has 0 aliphatic rings. The molecule has 2 aromatic rings. The Balaban J connectivity index is 2.07. The summed E-state index contributed by atoms with van der Waals surface area (Å²) in [5, 5.41) is 15.7. The Bertz CT molecular complexity index is 808. The summed E-state index contributed by atoms with van der Waals surface area (Å²) in [7, 11) is 0. The molecule has 0 saturated carbocycles. The molecule has 2 rings (SSSR count). The number of benzene rings is 2. The fraction of sp³-hybridized carbons (Fsp3) is 0.350. The minimum atomic E-state index is -4.40. The standard InChI is InChI=1S/C20H24F3N3O2/c1-3-24-19(25-11-15-5-4-6-17(27)10-15)26-12-16-8-7-14(2)9-18(16)28-13-20(21,22)23/h4-10,27H,3,11-13H2,1-2H3,(H2,24,25,26). The maximum atomic E-state index is 12.5. The molecule has 0 unspecified atom stereocenters. The highest BCUT2D eigenvalue weighted by Gasteiger charge is 2.28. The second kappa shape index (κ2) is 9.87. The quantitative estimate of drug-likeness (QED) is 0.492. The first-order chi connectivity index (χ1) is 13.3. The number of hydrogen-bond donors (Lipinski definition) is 3. The van der Waals surface area contributed by atoms with Gasteiger partial charge in [-0.1, -0.05) is 24.3 Å². The third-order valence-electron chi connectivity index (χ3n) is 3.73. The Morgan fingerprint density at radius 3 is 2.61 bits per heavy atom. The summed E-state index contributed by atoms with van der Waals surface area (Å²) in [5.74, 6) is 0.860. The highest BCUT2D eigenvalue weighted by atomic mass is 19.4. The average molecular weight is 395 g/mol. The van der Waals surface area contributed by atoms with E-state index in [2.05, 4.69) is 15.6 Å². The summed E-state index contributed by atoms with van der Waals surface area (Å²) in [5.41, 5.74) is 2.24. The number of halogens is 3. The van der Waals surface area contributed by atoms with Crippen LogP contribution in [0.3, 0.4) is 0 Å². The SMILES string of the molecule is CCNC(=NCc1cccc(O)c1)NCc1ccc(C)cc1OCC(F)(F)F. The maximum Gasteiger partial charge on any atom is 0.422 e. The molecule has 0 amide bonds. The minimum Gasteiger partial charge on any atom is -0.508 e. The Labute approximate surface area is 162 Å². The summed E-state index contributed by atoms with van der Waals surface area (Å²) in [6.45, 7) is 3.58. The first-order valence-electron chi connectivity index (χ1n) is 8.86. The summed E-state index contributed by atoms with van der Waals surface area (Å²) in [4.78, 5) is 4.43.